The summed E-state index contributed by atoms with van der Waals surface area (Å²) in [5, 5.41) is 0. The standard InChI is InChI=1S/C14H29N/c15-14-12-10-8-6-4-2-1-3-5-7-9-11-13-14/h14H,1-13,15H2. The molecule has 0 aliphatic heterocycles. The van der Waals surface area contributed by atoms with Crippen molar-refractivity contribution in [2.24, 2.45) is 5.73 Å². The molecule has 1 saturated carbocycles. The van der Waals surface area contributed by atoms with Crippen LogP contribution in [0.15, 0.2) is 0 Å². The molecule has 2 N–H and O–H groups in total. The Morgan fingerprint density at radius 1 is 0.467 bits per heavy atom. The van der Waals surface area contributed by atoms with Crippen LogP contribution in [-0.4, -0.2) is 6.04 Å². The van der Waals surface area contributed by atoms with Crippen molar-refractivity contribution >= 4 is 0 Å². The zero-order chi connectivity index (χ0) is 10.8. The second kappa shape index (κ2) is 9.21. The highest BCUT2D eigenvalue weighted by Crippen LogP contribution is 2.15. The van der Waals surface area contributed by atoms with Gasteiger partial charge >= 0.3 is 0 Å². The Labute approximate surface area is 95.8 Å². The zero-order valence-corrected chi connectivity index (χ0v) is 10.3. The van der Waals surface area contributed by atoms with Crippen LogP contribution in [0.2, 0.25) is 0 Å². The summed E-state index contributed by atoms with van der Waals surface area (Å²) in [5.41, 5.74) is 6.08. The highest BCUT2D eigenvalue weighted by atomic mass is 14.6. The van der Waals surface area contributed by atoms with E-state index in [9.17, 15) is 0 Å². The third kappa shape index (κ3) is 7.84. The van der Waals surface area contributed by atoms with E-state index in [1.165, 1.54) is 83.5 Å². The molecule has 0 atom stereocenters. The average Bonchev–Trinajstić information content (AvgIpc) is 2.24. The summed E-state index contributed by atoms with van der Waals surface area (Å²) in [6.07, 6.45) is 18.3. The monoisotopic (exact) mass is 211 g/mol. The van der Waals surface area contributed by atoms with E-state index < -0.39 is 0 Å². The fourth-order valence-electron chi connectivity index (χ4n) is 2.55. The van der Waals surface area contributed by atoms with Crippen LogP contribution >= 0.6 is 0 Å². The van der Waals surface area contributed by atoms with Gasteiger partial charge in [0.2, 0.25) is 0 Å². The van der Waals surface area contributed by atoms with E-state index in [0.29, 0.717) is 6.04 Å². The smallest absolute Gasteiger partial charge is 0.00388 e. The van der Waals surface area contributed by atoms with Crippen LogP contribution in [-0.2, 0) is 0 Å². The van der Waals surface area contributed by atoms with Crippen molar-refractivity contribution in [2.75, 3.05) is 0 Å². The number of hydrogen-bond donors (Lipinski definition) is 1. The molecule has 0 amide bonds. The van der Waals surface area contributed by atoms with Crippen molar-refractivity contribution in [3.63, 3.8) is 0 Å². The Kier molecular flexibility index (Phi) is 7.99. The molecule has 1 heteroatoms. The second-order valence-corrected chi connectivity index (χ2v) is 5.23. The molecule has 0 aromatic carbocycles. The predicted octanol–water partition coefficient (Wildman–Crippen LogP) is 4.40. The van der Waals surface area contributed by atoms with Gasteiger partial charge < -0.3 is 5.73 Å². The third-order valence-electron chi connectivity index (χ3n) is 3.65. The Balaban J connectivity index is 2.10. The lowest BCUT2D eigenvalue weighted by molar-refractivity contribution is 0.468. The fraction of sp³-hybridized carbons (Fsp3) is 1.00. The quantitative estimate of drug-likeness (QED) is 0.631. The van der Waals surface area contributed by atoms with Crippen LogP contribution in [0, 0.1) is 0 Å². The van der Waals surface area contributed by atoms with Gasteiger partial charge in [0.25, 0.3) is 0 Å². The molecule has 15 heavy (non-hydrogen) atoms. The molecule has 0 unspecified atom stereocenters. The minimum atomic E-state index is 0.493. The van der Waals surface area contributed by atoms with Gasteiger partial charge in [-0.3, -0.25) is 0 Å². The van der Waals surface area contributed by atoms with Crippen LogP contribution in [0.1, 0.15) is 83.5 Å². The molecule has 90 valence electrons. The van der Waals surface area contributed by atoms with Crippen molar-refractivity contribution < 1.29 is 0 Å². The molecule has 1 aliphatic rings. The van der Waals surface area contributed by atoms with E-state index in [1.807, 2.05) is 0 Å². The minimum absolute atomic E-state index is 0.493. The maximum Gasteiger partial charge on any atom is 0.00388 e. The van der Waals surface area contributed by atoms with E-state index in [1.54, 1.807) is 0 Å². The maximum atomic E-state index is 6.08. The molecule has 1 nitrogen and oxygen atoms in total. The first-order valence-corrected chi connectivity index (χ1v) is 7.15. The first kappa shape index (κ1) is 13.0. The summed E-state index contributed by atoms with van der Waals surface area (Å²) in [6.45, 7) is 0. The Morgan fingerprint density at radius 3 is 1.07 bits per heavy atom. The Bertz CT molecular complexity index is 119. The normalized spacial score (nSPS) is 24.6. The van der Waals surface area contributed by atoms with Gasteiger partial charge in [-0.1, -0.05) is 70.6 Å². The summed E-state index contributed by atoms with van der Waals surface area (Å²) >= 11 is 0. The average molecular weight is 211 g/mol. The minimum Gasteiger partial charge on any atom is -0.328 e. The van der Waals surface area contributed by atoms with Gasteiger partial charge in [0.05, 0.1) is 0 Å². The first-order valence-electron chi connectivity index (χ1n) is 7.15. The molecule has 1 fully saturated rings. The van der Waals surface area contributed by atoms with Crippen LogP contribution < -0.4 is 5.73 Å². The highest BCUT2D eigenvalue weighted by molar-refractivity contribution is 4.62. The Morgan fingerprint density at radius 2 is 0.733 bits per heavy atom. The molecule has 0 radical (unpaired) electrons. The van der Waals surface area contributed by atoms with Gasteiger partial charge in [-0.2, -0.15) is 0 Å². The first-order chi connectivity index (χ1) is 7.39. The number of rotatable bonds is 0. The SMILES string of the molecule is NC1CCCCCCCCCCCCC1. The third-order valence-corrected chi connectivity index (χ3v) is 3.65. The molecular formula is C14H29N. The number of nitrogens with two attached hydrogens (primary N) is 1. The van der Waals surface area contributed by atoms with Gasteiger partial charge in [-0.25, -0.2) is 0 Å². The van der Waals surface area contributed by atoms with Crippen molar-refractivity contribution in [3.8, 4) is 0 Å². The van der Waals surface area contributed by atoms with Crippen LogP contribution in [0.5, 0.6) is 0 Å². The molecule has 0 spiro atoms. The molecular weight excluding hydrogens is 182 g/mol. The van der Waals surface area contributed by atoms with E-state index in [0.717, 1.165) is 0 Å². The van der Waals surface area contributed by atoms with E-state index in [2.05, 4.69) is 0 Å². The molecule has 1 aliphatic carbocycles. The van der Waals surface area contributed by atoms with E-state index >= 15 is 0 Å². The lowest BCUT2D eigenvalue weighted by atomic mass is 9.99. The number of hydrogen-bond acceptors (Lipinski definition) is 1. The highest BCUT2D eigenvalue weighted by Gasteiger charge is 2.03. The van der Waals surface area contributed by atoms with E-state index in [4.69, 9.17) is 5.73 Å². The summed E-state index contributed by atoms with van der Waals surface area (Å²) in [5.74, 6) is 0. The molecule has 0 aromatic rings. The van der Waals surface area contributed by atoms with E-state index in [-0.39, 0.29) is 0 Å². The Hall–Kier alpha value is -0.0400. The zero-order valence-electron chi connectivity index (χ0n) is 10.3. The summed E-state index contributed by atoms with van der Waals surface area (Å²) < 4.78 is 0. The fourth-order valence-corrected chi connectivity index (χ4v) is 2.55. The lowest BCUT2D eigenvalue weighted by Gasteiger charge is -2.12. The lowest BCUT2D eigenvalue weighted by Crippen LogP contribution is -2.19. The summed E-state index contributed by atoms with van der Waals surface area (Å²) in [7, 11) is 0. The topological polar surface area (TPSA) is 26.0 Å². The largest absolute Gasteiger partial charge is 0.328 e. The molecule has 0 heterocycles. The molecule has 0 bridgehead atoms. The summed E-state index contributed by atoms with van der Waals surface area (Å²) in [4.78, 5) is 0. The van der Waals surface area contributed by atoms with Crippen molar-refractivity contribution in [3.05, 3.63) is 0 Å². The van der Waals surface area contributed by atoms with Crippen LogP contribution in [0.4, 0.5) is 0 Å². The van der Waals surface area contributed by atoms with Gasteiger partial charge in [0, 0.05) is 6.04 Å². The maximum absolute atomic E-state index is 6.08. The van der Waals surface area contributed by atoms with Gasteiger partial charge in [0.15, 0.2) is 0 Å². The van der Waals surface area contributed by atoms with Crippen molar-refractivity contribution in [2.45, 2.75) is 89.5 Å². The van der Waals surface area contributed by atoms with Crippen LogP contribution in [0.25, 0.3) is 0 Å². The second-order valence-electron chi connectivity index (χ2n) is 5.23. The molecule has 1 rings (SSSR count). The van der Waals surface area contributed by atoms with Crippen molar-refractivity contribution in [1.29, 1.82) is 0 Å². The molecule has 0 saturated heterocycles. The predicted molar refractivity (Wildman–Crippen MR) is 68.0 cm³/mol. The van der Waals surface area contributed by atoms with Gasteiger partial charge in [-0.05, 0) is 12.8 Å². The van der Waals surface area contributed by atoms with Crippen LogP contribution in [0.3, 0.4) is 0 Å². The molecule has 0 aromatic heterocycles. The summed E-state index contributed by atoms with van der Waals surface area (Å²) in [6, 6.07) is 0.493. The van der Waals surface area contributed by atoms with Gasteiger partial charge in [-0.15, -0.1) is 0 Å². The van der Waals surface area contributed by atoms with Gasteiger partial charge in [0.1, 0.15) is 0 Å². The van der Waals surface area contributed by atoms with Crippen molar-refractivity contribution in [1.82, 2.24) is 0 Å².